The fraction of sp³-hybridized carbons (Fsp3) is 0.130. The normalized spacial score (nSPS) is 10.9. The Balaban J connectivity index is 1.52. The summed E-state index contributed by atoms with van der Waals surface area (Å²) in [4.78, 5) is 12.5. The Hall–Kier alpha value is -3.40. The van der Waals surface area contributed by atoms with Crippen molar-refractivity contribution in [2.24, 2.45) is 0 Å². The summed E-state index contributed by atoms with van der Waals surface area (Å²) < 4.78 is 1.85. The van der Waals surface area contributed by atoms with Crippen LogP contribution in [-0.2, 0) is 6.54 Å². The van der Waals surface area contributed by atoms with E-state index in [0.29, 0.717) is 17.9 Å². The Morgan fingerprint density at radius 3 is 2.67 bits per heavy atom. The van der Waals surface area contributed by atoms with Gasteiger partial charge >= 0.3 is 0 Å². The molecule has 4 rings (SSSR count). The molecule has 1 aromatic heterocycles. The SMILES string of the molecule is Cc1ccc(C(=O)Nc2ccn(Cc3cccc4ccccc34)n2)c(C)c1. The van der Waals surface area contributed by atoms with Gasteiger partial charge in [0.1, 0.15) is 0 Å². The van der Waals surface area contributed by atoms with Crippen LogP contribution in [0.5, 0.6) is 0 Å². The molecule has 4 nitrogen and oxygen atoms in total. The monoisotopic (exact) mass is 355 g/mol. The lowest BCUT2D eigenvalue weighted by Crippen LogP contribution is -2.14. The number of rotatable bonds is 4. The number of carbonyl (C=O) groups excluding carboxylic acids is 1. The smallest absolute Gasteiger partial charge is 0.257 e. The molecule has 1 amide bonds. The van der Waals surface area contributed by atoms with Gasteiger partial charge in [-0.2, -0.15) is 5.10 Å². The molecule has 1 N–H and O–H groups in total. The van der Waals surface area contributed by atoms with Crippen LogP contribution in [0.25, 0.3) is 10.8 Å². The molecule has 0 fully saturated rings. The Bertz CT molecular complexity index is 1120. The number of amides is 1. The van der Waals surface area contributed by atoms with Gasteiger partial charge in [0.2, 0.25) is 0 Å². The number of anilines is 1. The van der Waals surface area contributed by atoms with Crippen molar-refractivity contribution in [2.45, 2.75) is 20.4 Å². The summed E-state index contributed by atoms with van der Waals surface area (Å²) >= 11 is 0. The summed E-state index contributed by atoms with van der Waals surface area (Å²) in [6.45, 7) is 4.62. The van der Waals surface area contributed by atoms with Crippen LogP contribution in [0.15, 0.2) is 72.9 Å². The molecular weight excluding hydrogens is 334 g/mol. The zero-order chi connectivity index (χ0) is 18.8. The number of aromatic nitrogens is 2. The average Bonchev–Trinajstić information content (AvgIpc) is 3.09. The Morgan fingerprint density at radius 1 is 1.00 bits per heavy atom. The Morgan fingerprint density at radius 2 is 1.81 bits per heavy atom. The van der Waals surface area contributed by atoms with E-state index in [1.165, 1.54) is 16.3 Å². The van der Waals surface area contributed by atoms with Crippen LogP contribution >= 0.6 is 0 Å². The third-order valence-corrected chi connectivity index (χ3v) is 4.72. The first-order valence-corrected chi connectivity index (χ1v) is 8.99. The summed E-state index contributed by atoms with van der Waals surface area (Å²) in [6, 6.07) is 22.2. The van der Waals surface area contributed by atoms with Gasteiger partial charge in [-0.3, -0.25) is 9.48 Å². The van der Waals surface area contributed by atoms with E-state index < -0.39 is 0 Å². The van der Waals surface area contributed by atoms with E-state index >= 15 is 0 Å². The zero-order valence-electron chi connectivity index (χ0n) is 15.4. The molecule has 27 heavy (non-hydrogen) atoms. The molecule has 1 heterocycles. The third kappa shape index (κ3) is 3.60. The first-order chi connectivity index (χ1) is 13.1. The van der Waals surface area contributed by atoms with Gasteiger partial charge in [0.05, 0.1) is 6.54 Å². The van der Waals surface area contributed by atoms with Gasteiger partial charge in [-0.1, -0.05) is 60.2 Å². The summed E-state index contributed by atoms with van der Waals surface area (Å²) in [6.07, 6.45) is 1.89. The molecule has 0 atom stereocenters. The highest BCUT2D eigenvalue weighted by Crippen LogP contribution is 2.20. The van der Waals surface area contributed by atoms with Crippen molar-refractivity contribution in [3.8, 4) is 0 Å². The molecule has 0 spiro atoms. The maximum absolute atomic E-state index is 12.5. The van der Waals surface area contributed by atoms with E-state index in [2.05, 4.69) is 40.7 Å². The number of nitrogens with zero attached hydrogens (tertiary/aromatic N) is 2. The van der Waals surface area contributed by atoms with E-state index in [1.807, 2.05) is 61.1 Å². The average molecular weight is 355 g/mol. The van der Waals surface area contributed by atoms with E-state index in [0.717, 1.165) is 11.1 Å². The van der Waals surface area contributed by atoms with Gasteiger partial charge < -0.3 is 5.32 Å². The minimum atomic E-state index is -0.136. The topological polar surface area (TPSA) is 46.9 Å². The van der Waals surface area contributed by atoms with Crippen molar-refractivity contribution in [2.75, 3.05) is 5.32 Å². The largest absolute Gasteiger partial charge is 0.305 e. The second kappa shape index (κ2) is 7.08. The second-order valence-corrected chi connectivity index (χ2v) is 6.81. The molecule has 0 aliphatic carbocycles. The molecule has 4 aromatic rings. The van der Waals surface area contributed by atoms with Crippen LogP contribution in [0.3, 0.4) is 0 Å². The van der Waals surface area contributed by atoms with E-state index in [-0.39, 0.29) is 5.91 Å². The summed E-state index contributed by atoms with van der Waals surface area (Å²) in [7, 11) is 0. The maximum Gasteiger partial charge on any atom is 0.257 e. The second-order valence-electron chi connectivity index (χ2n) is 6.81. The number of hydrogen-bond donors (Lipinski definition) is 1. The van der Waals surface area contributed by atoms with Crippen LogP contribution in [0.4, 0.5) is 5.82 Å². The molecule has 0 bridgehead atoms. The van der Waals surface area contributed by atoms with Crippen LogP contribution in [0.2, 0.25) is 0 Å². The highest BCUT2D eigenvalue weighted by molar-refractivity contribution is 6.04. The van der Waals surface area contributed by atoms with Crippen LogP contribution in [-0.4, -0.2) is 15.7 Å². The van der Waals surface area contributed by atoms with Gasteiger partial charge in [-0.05, 0) is 41.8 Å². The predicted octanol–water partition coefficient (Wildman–Crippen LogP) is 4.95. The lowest BCUT2D eigenvalue weighted by Gasteiger charge is -2.08. The van der Waals surface area contributed by atoms with Gasteiger partial charge in [-0.25, -0.2) is 0 Å². The van der Waals surface area contributed by atoms with Crippen molar-refractivity contribution < 1.29 is 4.79 Å². The van der Waals surface area contributed by atoms with E-state index in [1.54, 1.807) is 0 Å². The van der Waals surface area contributed by atoms with Crippen molar-refractivity contribution >= 4 is 22.5 Å². The maximum atomic E-state index is 12.5. The lowest BCUT2D eigenvalue weighted by molar-refractivity contribution is 0.102. The number of fused-ring (bicyclic) bond motifs is 1. The highest BCUT2D eigenvalue weighted by Gasteiger charge is 2.11. The van der Waals surface area contributed by atoms with Gasteiger partial charge in [0, 0.05) is 17.8 Å². The standard InChI is InChI=1S/C23H21N3O/c1-16-10-11-20(17(2)14-16)23(27)24-22-12-13-26(25-22)15-19-8-5-7-18-6-3-4-9-21(18)19/h3-14H,15H2,1-2H3,(H,24,25,27). The molecule has 4 heteroatoms. The molecule has 0 radical (unpaired) electrons. The minimum absolute atomic E-state index is 0.136. The van der Waals surface area contributed by atoms with E-state index in [4.69, 9.17) is 0 Å². The molecule has 0 saturated heterocycles. The quantitative estimate of drug-likeness (QED) is 0.563. The van der Waals surface area contributed by atoms with Crippen LogP contribution in [0, 0.1) is 13.8 Å². The number of aryl methyl sites for hydroxylation is 2. The number of hydrogen-bond acceptors (Lipinski definition) is 2. The number of benzene rings is 3. The minimum Gasteiger partial charge on any atom is -0.305 e. The predicted molar refractivity (Wildman–Crippen MR) is 109 cm³/mol. The Kier molecular flexibility index (Phi) is 4.47. The van der Waals surface area contributed by atoms with Crippen molar-refractivity contribution in [1.82, 2.24) is 9.78 Å². The first-order valence-electron chi connectivity index (χ1n) is 8.99. The number of nitrogens with one attached hydrogen (secondary N) is 1. The van der Waals surface area contributed by atoms with Crippen LogP contribution < -0.4 is 5.32 Å². The fourth-order valence-corrected chi connectivity index (χ4v) is 3.37. The molecule has 0 unspecified atom stereocenters. The van der Waals surface area contributed by atoms with Crippen molar-refractivity contribution in [3.05, 3.63) is 95.2 Å². The molecule has 0 aliphatic rings. The third-order valence-electron chi connectivity index (χ3n) is 4.72. The van der Waals surface area contributed by atoms with Gasteiger partial charge in [0.25, 0.3) is 5.91 Å². The Labute approximate surface area is 158 Å². The van der Waals surface area contributed by atoms with Gasteiger partial charge in [0.15, 0.2) is 5.82 Å². The molecule has 3 aromatic carbocycles. The summed E-state index contributed by atoms with van der Waals surface area (Å²) in [5.41, 5.74) is 3.97. The van der Waals surface area contributed by atoms with E-state index in [9.17, 15) is 4.79 Å². The summed E-state index contributed by atoms with van der Waals surface area (Å²) in [5, 5.41) is 9.83. The van der Waals surface area contributed by atoms with Gasteiger partial charge in [-0.15, -0.1) is 0 Å². The number of carbonyl (C=O) groups is 1. The first kappa shape index (κ1) is 17.0. The van der Waals surface area contributed by atoms with Crippen molar-refractivity contribution in [1.29, 1.82) is 0 Å². The lowest BCUT2D eigenvalue weighted by atomic mass is 10.0. The fourth-order valence-electron chi connectivity index (χ4n) is 3.37. The molecular formula is C23H21N3O. The molecule has 0 saturated carbocycles. The summed E-state index contributed by atoms with van der Waals surface area (Å²) in [5.74, 6) is 0.420. The van der Waals surface area contributed by atoms with Crippen molar-refractivity contribution in [3.63, 3.8) is 0 Å². The van der Waals surface area contributed by atoms with Crippen LogP contribution in [0.1, 0.15) is 27.0 Å². The molecule has 0 aliphatic heterocycles. The zero-order valence-corrected chi connectivity index (χ0v) is 15.4. The molecule has 134 valence electrons. The highest BCUT2D eigenvalue weighted by atomic mass is 16.1.